The van der Waals surface area contributed by atoms with Gasteiger partial charge in [0.2, 0.25) is 0 Å². The molecule has 0 radical (unpaired) electrons. The highest BCUT2D eigenvalue weighted by Crippen LogP contribution is 2.27. The molecule has 0 saturated carbocycles. The standard InChI is InChI=1S/C19H25N3O3S.HI/c1-20-19(21-11-12-26(23)16-7-5-4-6-8-16)22-14-15-9-10-17(24-2)18(13-15)25-3;/h4-10,13H,11-12,14H2,1-3H3,(H2,20,21,22);1H. The number of benzene rings is 2. The van der Waals surface area contributed by atoms with Crippen molar-refractivity contribution in [1.29, 1.82) is 0 Å². The van der Waals surface area contributed by atoms with Crippen LogP contribution in [-0.2, 0) is 17.3 Å². The van der Waals surface area contributed by atoms with Crippen LogP contribution in [-0.4, -0.2) is 43.7 Å². The molecule has 6 nitrogen and oxygen atoms in total. The lowest BCUT2D eigenvalue weighted by atomic mass is 10.2. The maximum atomic E-state index is 12.2. The maximum absolute atomic E-state index is 12.2. The van der Waals surface area contributed by atoms with E-state index >= 15 is 0 Å². The Morgan fingerprint density at radius 3 is 2.37 bits per heavy atom. The fourth-order valence-electron chi connectivity index (χ4n) is 2.35. The first kappa shape index (κ1) is 23.2. The lowest BCUT2D eigenvalue weighted by Crippen LogP contribution is -2.38. The minimum absolute atomic E-state index is 0. The zero-order valence-corrected chi connectivity index (χ0v) is 18.9. The van der Waals surface area contributed by atoms with Crippen molar-refractivity contribution in [3.8, 4) is 11.5 Å². The van der Waals surface area contributed by atoms with Crippen molar-refractivity contribution in [1.82, 2.24) is 10.6 Å². The number of hydrogen-bond donors (Lipinski definition) is 2. The molecule has 0 aliphatic rings. The average Bonchev–Trinajstić information content (AvgIpc) is 2.70. The fourth-order valence-corrected chi connectivity index (χ4v) is 3.33. The Kier molecular flexibility index (Phi) is 10.8. The summed E-state index contributed by atoms with van der Waals surface area (Å²) in [5.74, 6) is 2.56. The van der Waals surface area contributed by atoms with E-state index in [1.165, 1.54) is 0 Å². The van der Waals surface area contributed by atoms with Gasteiger partial charge in [-0.25, -0.2) is 0 Å². The van der Waals surface area contributed by atoms with Gasteiger partial charge in [0.05, 0.1) is 25.0 Å². The summed E-state index contributed by atoms with van der Waals surface area (Å²) in [4.78, 5) is 5.02. The smallest absolute Gasteiger partial charge is 0.191 e. The van der Waals surface area contributed by atoms with Crippen LogP contribution in [0, 0.1) is 0 Å². The van der Waals surface area contributed by atoms with Crippen LogP contribution < -0.4 is 20.1 Å². The van der Waals surface area contributed by atoms with E-state index in [1.54, 1.807) is 21.3 Å². The van der Waals surface area contributed by atoms with Gasteiger partial charge in [-0.3, -0.25) is 9.20 Å². The minimum atomic E-state index is -1.03. The molecule has 0 amide bonds. The number of methoxy groups -OCH3 is 2. The molecule has 8 heteroatoms. The molecule has 0 heterocycles. The van der Waals surface area contributed by atoms with E-state index < -0.39 is 10.8 Å². The Hall–Kier alpha value is -1.81. The van der Waals surface area contributed by atoms with Crippen LogP contribution in [0.25, 0.3) is 0 Å². The van der Waals surface area contributed by atoms with E-state index in [4.69, 9.17) is 9.47 Å². The molecule has 2 N–H and O–H groups in total. The van der Waals surface area contributed by atoms with Gasteiger partial charge in [0, 0.05) is 30.8 Å². The second kappa shape index (κ2) is 12.6. The molecule has 1 atom stereocenters. The molecule has 2 rings (SSSR count). The Labute approximate surface area is 180 Å². The number of rotatable bonds is 8. The van der Waals surface area contributed by atoms with Gasteiger partial charge in [-0.1, -0.05) is 24.3 Å². The van der Waals surface area contributed by atoms with Gasteiger partial charge in [-0.2, -0.15) is 0 Å². The molecule has 0 aliphatic heterocycles. The van der Waals surface area contributed by atoms with Crippen molar-refractivity contribution < 1.29 is 13.7 Å². The fraction of sp³-hybridized carbons (Fsp3) is 0.316. The third kappa shape index (κ3) is 7.37. The van der Waals surface area contributed by atoms with Crippen LogP contribution in [0.5, 0.6) is 11.5 Å². The molecule has 1 unspecified atom stereocenters. The Bertz CT molecular complexity index is 757. The van der Waals surface area contributed by atoms with Crippen LogP contribution in [0.2, 0.25) is 0 Å². The summed E-state index contributed by atoms with van der Waals surface area (Å²) in [5.41, 5.74) is 1.04. The lowest BCUT2D eigenvalue weighted by molar-refractivity contribution is 0.354. The van der Waals surface area contributed by atoms with E-state index in [-0.39, 0.29) is 24.0 Å². The van der Waals surface area contributed by atoms with Crippen molar-refractivity contribution in [3.05, 3.63) is 54.1 Å². The molecule has 0 aliphatic carbocycles. The van der Waals surface area contributed by atoms with Crippen molar-refractivity contribution in [3.63, 3.8) is 0 Å². The first-order valence-corrected chi connectivity index (χ1v) is 9.58. The molecule has 0 bridgehead atoms. The zero-order valence-electron chi connectivity index (χ0n) is 15.7. The van der Waals surface area contributed by atoms with Crippen molar-refractivity contribution in [2.75, 3.05) is 33.6 Å². The predicted molar refractivity (Wildman–Crippen MR) is 121 cm³/mol. The van der Waals surface area contributed by atoms with E-state index in [0.717, 1.165) is 10.5 Å². The minimum Gasteiger partial charge on any atom is -0.493 e. The summed E-state index contributed by atoms with van der Waals surface area (Å²) in [6.45, 7) is 1.15. The van der Waals surface area contributed by atoms with Crippen molar-refractivity contribution >= 4 is 40.7 Å². The largest absolute Gasteiger partial charge is 0.493 e. The van der Waals surface area contributed by atoms with Gasteiger partial charge in [0.25, 0.3) is 0 Å². The number of aliphatic imine (C=N–C) groups is 1. The molecule has 0 fully saturated rings. The summed E-state index contributed by atoms with van der Waals surface area (Å²) >= 11 is 0. The van der Waals surface area contributed by atoms with Gasteiger partial charge in [0.15, 0.2) is 17.5 Å². The monoisotopic (exact) mass is 503 g/mol. The second-order valence-corrected chi connectivity index (χ2v) is 6.98. The number of nitrogens with one attached hydrogen (secondary N) is 2. The van der Waals surface area contributed by atoms with Crippen LogP contribution in [0.1, 0.15) is 5.56 Å². The third-order valence-corrected chi connectivity index (χ3v) is 5.09. The molecule has 0 saturated heterocycles. The van der Waals surface area contributed by atoms with Gasteiger partial charge in [-0.15, -0.1) is 24.0 Å². The molecule has 27 heavy (non-hydrogen) atoms. The Balaban J connectivity index is 0.00000364. The quantitative estimate of drug-likeness (QED) is 0.330. The topological polar surface area (TPSA) is 72.0 Å². The van der Waals surface area contributed by atoms with Crippen LogP contribution in [0.3, 0.4) is 0 Å². The number of hydrogen-bond acceptors (Lipinski definition) is 4. The number of nitrogens with zero attached hydrogens (tertiary/aromatic N) is 1. The first-order valence-electron chi connectivity index (χ1n) is 8.26. The molecule has 0 spiro atoms. The second-order valence-electron chi connectivity index (χ2n) is 5.40. The van der Waals surface area contributed by atoms with Crippen LogP contribution in [0.15, 0.2) is 58.4 Å². The summed E-state index contributed by atoms with van der Waals surface area (Å²) in [5, 5.41) is 6.41. The summed E-state index contributed by atoms with van der Waals surface area (Å²) < 4.78 is 22.8. The summed E-state index contributed by atoms with van der Waals surface area (Å²) in [6, 6.07) is 15.2. The maximum Gasteiger partial charge on any atom is 0.191 e. The van der Waals surface area contributed by atoms with Crippen LogP contribution >= 0.6 is 24.0 Å². The Morgan fingerprint density at radius 1 is 1.04 bits per heavy atom. The molecule has 2 aromatic rings. The summed E-state index contributed by atoms with van der Waals surface area (Å²) in [7, 11) is 3.91. The highest BCUT2D eigenvalue weighted by atomic mass is 127. The van der Waals surface area contributed by atoms with E-state index in [1.807, 2.05) is 48.5 Å². The Morgan fingerprint density at radius 2 is 1.74 bits per heavy atom. The molecule has 0 aromatic heterocycles. The van der Waals surface area contributed by atoms with Gasteiger partial charge < -0.3 is 20.1 Å². The van der Waals surface area contributed by atoms with Gasteiger partial charge in [-0.05, 0) is 29.8 Å². The highest BCUT2D eigenvalue weighted by Gasteiger charge is 2.06. The zero-order chi connectivity index (χ0) is 18.8. The van der Waals surface area contributed by atoms with Gasteiger partial charge in [0.1, 0.15) is 0 Å². The highest BCUT2D eigenvalue weighted by molar-refractivity contribution is 14.0. The molecular formula is C19H26IN3O3S. The van der Waals surface area contributed by atoms with Crippen LogP contribution in [0.4, 0.5) is 0 Å². The first-order chi connectivity index (χ1) is 12.7. The normalized spacial score (nSPS) is 11.9. The number of ether oxygens (including phenoxy) is 2. The molecule has 2 aromatic carbocycles. The van der Waals surface area contributed by atoms with Crippen molar-refractivity contribution in [2.24, 2.45) is 4.99 Å². The molecular weight excluding hydrogens is 477 g/mol. The van der Waals surface area contributed by atoms with Crippen molar-refractivity contribution in [2.45, 2.75) is 11.4 Å². The van der Waals surface area contributed by atoms with Gasteiger partial charge >= 0.3 is 0 Å². The van der Waals surface area contributed by atoms with E-state index in [0.29, 0.717) is 36.3 Å². The SMILES string of the molecule is CN=C(NCCS(=O)c1ccccc1)NCc1ccc(OC)c(OC)c1.I. The average molecular weight is 503 g/mol. The van der Waals surface area contributed by atoms with E-state index in [2.05, 4.69) is 15.6 Å². The number of halogens is 1. The number of guanidine groups is 1. The van der Waals surface area contributed by atoms with E-state index in [9.17, 15) is 4.21 Å². The predicted octanol–water partition coefficient (Wildman–Crippen LogP) is 2.79. The molecule has 148 valence electrons. The lowest BCUT2D eigenvalue weighted by Gasteiger charge is -2.13. The summed E-state index contributed by atoms with van der Waals surface area (Å²) in [6.07, 6.45) is 0. The third-order valence-electron chi connectivity index (χ3n) is 3.72.